The summed E-state index contributed by atoms with van der Waals surface area (Å²) in [6, 6.07) is 8.06. The molecule has 5 nitrogen and oxygen atoms in total. The van der Waals surface area contributed by atoms with Crippen LogP contribution in [0.1, 0.15) is 26.7 Å². The number of thioether (sulfide) groups is 1. The van der Waals surface area contributed by atoms with Gasteiger partial charge >= 0.3 is 5.97 Å². The molecule has 1 aromatic heterocycles. The lowest BCUT2D eigenvalue weighted by atomic mass is 10.1. The third kappa shape index (κ3) is 4.44. The Labute approximate surface area is 143 Å². The maximum absolute atomic E-state index is 10.9. The van der Waals surface area contributed by atoms with E-state index in [4.69, 9.17) is 14.6 Å². The number of carbonyl (C=O) groups is 1. The number of hydrogen-bond donors (Lipinski definition) is 1. The molecule has 0 spiro atoms. The summed E-state index contributed by atoms with van der Waals surface area (Å²) in [5.74, 6) is -0.856. The van der Waals surface area contributed by atoms with E-state index >= 15 is 0 Å². The Morgan fingerprint density at radius 1 is 1.39 bits per heavy atom. The molecule has 1 aliphatic heterocycles. The van der Waals surface area contributed by atoms with Crippen LogP contribution in [0.5, 0.6) is 0 Å². The van der Waals surface area contributed by atoms with Gasteiger partial charge in [-0.05, 0) is 26.0 Å². The molecule has 2 aromatic rings. The zero-order chi connectivity index (χ0) is 16.4. The van der Waals surface area contributed by atoms with Crippen LogP contribution in [0.4, 0.5) is 0 Å². The fourth-order valence-corrected chi connectivity index (χ4v) is 4.82. The van der Waals surface area contributed by atoms with Crippen LogP contribution in [0.3, 0.4) is 0 Å². The van der Waals surface area contributed by atoms with Crippen molar-refractivity contribution in [2.45, 2.75) is 49.0 Å². The van der Waals surface area contributed by atoms with E-state index in [9.17, 15) is 4.79 Å². The molecule has 0 amide bonds. The van der Waals surface area contributed by atoms with Crippen molar-refractivity contribution in [2.75, 3.05) is 5.75 Å². The number of carboxylic acid groups (broad SMARTS) is 1. The minimum absolute atomic E-state index is 0.00902. The highest BCUT2D eigenvalue weighted by Crippen LogP contribution is 2.34. The number of nitrogens with zero attached hydrogens (tertiary/aromatic N) is 1. The number of carboxylic acids is 1. The predicted molar refractivity (Wildman–Crippen MR) is 91.0 cm³/mol. The number of fused-ring (bicyclic) bond motifs is 1. The van der Waals surface area contributed by atoms with E-state index in [0.29, 0.717) is 6.42 Å². The van der Waals surface area contributed by atoms with Gasteiger partial charge in [-0.3, -0.25) is 4.79 Å². The molecule has 1 aliphatic rings. The molecule has 1 aromatic carbocycles. The van der Waals surface area contributed by atoms with Crippen LogP contribution < -0.4 is 0 Å². The van der Waals surface area contributed by atoms with E-state index in [1.807, 2.05) is 32.0 Å². The standard InChI is InChI=1S/C16H19NO4S2/c1-16(2)20-10(8-14(18)19)7-11(21-16)9-22-15-17-12-5-3-4-6-13(12)23-15/h3-6,10-11H,7-9H2,1-2H3,(H,18,19)/t10-,11+/m1/s1. The maximum atomic E-state index is 10.9. The fraction of sp³-hybridized carbons (Fsp3) is 0.500. The Morgan fingerprint density at radius 2 is 2.13 bits per heavy atom. The second-order valence-electron chi connectivity index (χ2n) is 5.97. The minimum atomic E-state index is -0.842. The third-order valence-corrected chi connectivity index (χ3v) is 5.81. The average Bonchev–Trinajstić information content (AvgIpc) is 2.85. The van der Waals surface area contributed by atoms with Crippen LogP contribution >= 0.6 is 23.1 Å². The Bertz CT molecular complexity index is 667. The van der Waals surface area contributed by atoms with Gasteiger partial charge in [-0.2, -0.15) is 0 Å². The summed E-state index contributed by atoms with van der Waals surface area (Å²) < 4.78 is 13.8. The normalized spacial score (nSPS) is 23.9. The van der Waals surface area contributed by atoms with Crippen molar-refractivity contribution in [3.8, 4) is 0 Å². The lowest BCUT2D eigenvalue weighted by Crippen LogP contribution is -2.46. The first kappa shape index (κ1) is 16.7. The van der Waals surface area contributed by atoms with Gasteiger partial charge in [-0.1, -0.05) is 23.9 Å². The molecule has 3 rings (SSSR count). The number of aromatic nitrogens is 1. The molecule has 1 N–H and O–H groups in total. The summed E-state index contributed by atoms with van der Waals surface area (Å²) in [5, 5.41) is 8.98. The summed E-state index contributed by atoms with van der Waals surface area (Å²) in [7, 11) is 0. The lowest BCUT2D eigenvalue weighted by Gasteiger charge is -2.40. The van der Waals surface area contributed by atoms with Crippen molar-refractivity contribution in [3.05, 3.63) is 24.3 Å². The monoisotopic (exact) mass is 353 g/mol. The molecule has 0 radical (unpaired) electrons. The topological polar surface area (TPSA) is 68.7 Å². The van der Waals surface area contributed by atoms with Gasteiger partial charge in [0.15, 0.2) is 10.1 Å². The Hall–Kier alpha value is -1.15. The predicted octanol–water partition coefficient (Wildman–Crippen LogP) is 3.77. The van der Waals surface area contributed by atoms with Crippen LogP contribution in [0.15, 0.2) is 28.6 Å². The van der Waals surface area contributed by atoms with Crippen molar-refractivity contribution in [2.24, 2.45) is 0 Å². The first-order valence-corrected chi connectivity index (χ1v) is 9.27. The largest absolute Gasteiger partial charge is 0.481 e. The van der Waals surface area contributed by atoms with Crippen molar-refractivity contribution in [1.29, 1.82) is 0 Å². The molecule has 0 unspecified atom stereocenters. The smallest absolute Gasteiger partial charge is 0.305 e. The number of aliphatic carboxylic acids is 1. The quantitative estimate of drug-likeness (QED) is 0.825. The first-order chi connectivity index (χ1) is 10.9. The molecule has 2 heterocycles. The van der Waals surface area contributed by atoms with E-state index in [2.05, 4.69) is 11.1 Å². The zero-order valence-corrected chi connectivity index (χ0v) is 14.7. The van der Waals surface area contributed by atoms with E-state index in [1.54, 1.807) is 23.1 Å². The number of thiazole rings is 1. The van der Waals surface area contributed by atoms with E-state index < -0.39 is 11.8 Å². The van der Waals surface area contributed by atoms with Crippen LogP contribution in [0.25, 0.3) is 10.2 Å². The van der Waals surface area contributed by atoms with Crippen LogP contribution in [-0.2, 0) is 14.3 Å². The Morgan fingerprint density at radius 3 is 2.87 bits per heavy atom. The molecule has 23 heavy (non-hydrogen) atoms. The molecule has 1 saturated heterocycles. The SMILES string of the molecule is CC1(C)O[C@H](CSc2nc3ccccc3s2)C[C@H](CC(=O)O)O1. The summed E-state index contributed by atoms with van der Waals surface area (Å²) in [4.78, 5) is 15.5. The molecular weight excluding hydrogens is 334 g/mol. The molecule has 0 bridgehead atoms. The lowest BCUT2D eigenvalue weighted by molar-refractivity contribution is -0.295. The van der Waals surface area contributed by atoms with E-state index in [-0.39, 0.29) is 18.6 Å². The zero-order valence-electron chi connectivity index (χ0n) is 13.0. The van der Waals surface area contributed by atoms with Crippen molar-refractivity contribution in [1.82, 2.24) is 4.98 Å². The van der Waals surface area contributed by atoms with Crippen molar-refractivity contribution >= 4 is 39.3 Å². The summed E-state index contributed by atoms with van der Waals surface area (Å²) >= 11 is 3.32. The highest BCUT2D eigenvalue weighted by molar-refractivity contribution is 8.01. The van der Waals surface area contributed by atoms with Gasteiger partial charge in [-0.15, -0.1) is 11.3 Å². The van der Waals surface area contributed by atoms with E-state index in [1.165, 1.54) is 4.70 Å². The number of benzene rings is 1. The van der Waals surface area contributed by atoms with Gasteiger partial charge in [0.05, 0.1) is 28.8 Å². The van der Waals surface area contributed by atoms with Crippen LogP contribution in [0.2, 0.25) is 0 Å². The summed E-state index contributed by atoms with van der Waals surface area (Å²) in [5.41, 5.74) is 1.01. The third-order valence-electron chi connectivity index (χ3n) is 3.50. The van der Waals surface area contributed by atoms with Crippen molar-refractivity contribution < 1.29 is 19.4 Å². The minimum Gasteiger partial charge on any atom is -0.481 e. The highest BCUT2D eigenvalue weighted by Gasteiger charge is 2.36. The van der Waals surface area contributed by atoms with E-state index in [0.717, 1.165) is 15.6 Å². The molecule has 1 fully saturated rings. The van der Waals surface area contributed by atoms with Gasteiger partial charge in [0, 0.05) is 12.2 Å². The molecule has 0 aliphatic carbocycles. The highest BCUT2D eigenvalue weighted by atomic mass is 32.2. The molecule has 0 saturated carbocycles. The number of para-hydroxylation sites is 1. The molecule has 2 atom stereocenters. The molecule has 124 valence electrons. The summed E-state index contributed by atoms with van der Waals surface area (Å²) in [6.07, 6.45) is 0.250. The molecular formula is C16H19NO4S2. The Balaban J connectivity index is 1.63. The van der Waals surface area contributed by atoms with Gasteiger partial charge in [0.25, 0.3) is 0 Å². The number of ether oxygens (including phenoxy) is 2. The second-order valence-corrected chi connectivity index (χ2v) is 8.27. The van der Waals surface area contributed by atoms with Gasteiger partial charge in [0.2, 0.25) is 0 Å². The second kappa shape index (κ2) is 6.76. The summed E-state index contributed by atoms with van der Waals surface area (Å²) in [6.45, 7) is 3.66. The maximum Gasteiger partial charge on any atom is 0.305 e. The molecule has 7 heteroatoms. The van der Waals surface area contributed by atoms with Crippen molar-refractivity contribution in [3.63, 3.8) is 0 Å². The Kier molecular flexibility index (Phi) is 4.91. The number of rotatable bonds is 5. The van der Waals surface area contributed by atoms with Crippen LogP contribution in [-0.4, -0.2) is 39.8 Å². The van der Waals surface area contributed by atoms with Gasteiger partial charge in [0.1, 0.15) is 0 Å². The van der Waals surface area contributed by atoms with Gasteiger partial charge in [-0.25, -0.2) is 4.98 Å². The number of hydrogen-bond acceptors (Lipinski definition) is 6. The first-order valence-electron chi connectivity index (χ1n) is 7.47. The van der Waals surface area contributed by atoms with Gasteiger partial charge < -0.3 is 14.6 Å². The fourth-order valence-electron chi connectivity index (χ4n) is 2.72. The average molecular weight is 353 g/mol. The van der Waals surface area contributed by atoms with Crippen LogP contribution in [0, 0.1) is 0 Å².